The second kappa shape index (κ2) is 7.34. The van der Waals surface area contributed by atoms with E-state index >= 15 is 0 Å². The second-order valence-electron chi connectivity index (χ2n) is 7.56. The summed E-state index contributed by atoms with van der Waals surface area (Å²) in [4.78, 5) is 13.1. The van der Waals surface area contributed by atoms with E-state index in [9.17, 15) is 15.3 Å². The van der Waals surface area contributed by atoms with Crippen molar-refractivity contribution in [1.29, 1.82) is 0 Å². The lowest BCUT2D eigenvalue weighted by molar-refractivity contribution is -0.0511. The largest absolute Gasteiger partial charge is 0.394 e. The molecule has 3 heterocycles. The maximum atomic E-state index is 10.3. The molecule has 0 amide bonds. The fourth-order valence-corrected chi connectivity index (χ4v) is 4.32. The molecule has 0 saturated carbocycles. The molecule has 9 heteroatoms. The van der Waals surface area contributed by atoms with Gasteiger partial charge in [-0.15, -0.1) is 0 Å². The van der Waals surface area contributed by atoms with Crippen molar-refractivity contribution in [3.63, 3.8) is 0 Å². The summed E-state index contributed by atoms with van der Waals surface area (Å²) in [5.41, 5.74) is 3.67. The summed E-state index contributed by atoms with van der Waals surface area (Å²) in [6.07, 6.45) is 2.02. The first-order valence-electron chi connectivity index (χ1n) is 9.81. The second-order valence-corrected chi connectivity index (χ2v) is 7.56. The molecule has 0 spiro atoms. The van der Waals surface area contributed by atoms with E-state index in [1.165, 1.54) is 23.8 Å². The van der Waals surface area contributed by atoms with Gasteiger partial charge in [0, 0.05) is 0 Å². The first kappa shape index (κ1) is 18.4. The van der Waals surface area contributed by atoms with E-state index in [2.05, 4.69) is 38.5 Å². The lowest BCUT2D eigenvalue weighted by atomic mass is 9.88. The topological polar surface area (TPSA) is 126 Å². The van der Waals surface area contributed by atoms with Gasteiger partial charge < -0.3 is 25.4 Å². The number of anilines is 1. The number of ether oxygens (including phenoxy) is 1. The lowest BCUT2D eigenvalue weighted by Gasteiger charge is -2.26. The molecular formula is C20H23N5O4. The Morgan fingerprint density at radius 2 is 2.00 bits per heavy atom. The minimum atomic E-state index is -1.19. The summed E-state index contributed by atoms with van der Waals surface area (Å²) in [5.74, 6) is 0.613. The van der Waals surface area contributed by atoms with Crippen LogP contribution in [0.4, 0.5) is 5.82 Å². The first-order valence-corrected chi connectivity index (χ1v) is 9.81. The highest BCUT2D eigenvalue weighted by atomic mass is 16.6. The van der Waals surface area contributed by atoms with E-state index < -0.39 is 24.5 Å². The van der Waals surface area contributed by atoms with Crippen LogP contribution in [-0.4, -0.2) is 59.8 Å². The van der Waals surface area contributed by atoms with Gasteiger partial charge in [-0.25, -0.2) is 15.0 Å². The zero-order valence-electron chi connectivity index (χ0n) is 15.7. The lowest BCUT2D eigenvalue weighted by Crippen LogP contribution is -2.33. The Bertz CT molecular complexity index is 1030. The molecule has 9 nitrogen and oxygen atoms in total. The van der Waals surface area contributed by atoms with Gasteiger partial charge in [0.2, 0.25) is 0 Å². The molecule has 5 rings (SSSR count). The van der Waals surface area contributed by atoms with E-state index in [-0.39, 0.29) is 12.6 Å². The number of fused-ring (bicyclic) bond motifs is 2. The predicted molar refractivity (Wildman–Crippen MR) is 104 cm³/mol. The fourth-order valence-electron chi connectivity index (χ4n) is 4.32. The molecule has 1 aromatic carbocycles. The van der Waals surface area contributed by atoms with Crippen molar-refractivity contribution in [1.82, 2.24) is 19.5 Å². The zero-order valence-corrected chi connectivity index (χ0v) is 15.7. The van der Waals surface area contributed by atoms with Crippen molar-refractivity contribution < 1.29 is 20.1 Å². The van der Waals surface area contributed by atoms with Crippen LogP contribution in [0.1, 0.15) is 36.2 Å². The van der Waals surface area contributed by atoms with Crippen LogP contribution in [-0.2, 0) is 11.2 Å². The van der Waals surface area contributed by atoms with Gasteiger partial charge in [0.05, 0.1) is 19.0 Å². The molecule has 1 aliphatic carbocycles. The molecule has 0 radical (unpaired) electrons. The summed E-state index contributed by atoms with van der Waals surface area (Å²) in [6.45, 7) is -0.385. The van der Waals surface area contributed by atoms with E-state index in [0.29, 0.717) is 17.0 Å². The number of aliphatic hydroxyl groups is 3. The predicted octanol–water partition coefficient (Wildman–Crippen LogP) is 0.927. The molecule has 29 heavy (non-hydrogen) atoms. The SMILES string of the molecule is OC[C@H]1O[C@@H](n2cnc3c(NC4CCCc5ccccc54)ncnc32)[C@@H](O)[C@@H]1O. The van der Waals surface area contributed by atoms with E-state index in [4.69, 9.17) is 4.74 Å². The van der Waals surface area contributed by atoms with Gasteiger partial charge in [0.15, 0.2) is 23.2 Å². The van der Waals surface area contributed by atoms with Gasteiger partial charge in [-0.3, -0.25) is 4.57 Å². The average Bonchev–Trinajstić information content (AvgIpc) is 3.30. The molecular weight excluding hydrogens is 374 g/mol. The monoisotopic (exact) mass is 397 g/mol. The number of nitrogens with zero attached hydrogens (tertiary/aromatic N) is 4. The van der Waals surface area contributed by atoms with Crippen LogP contribution in [0.5, 0.6) is 0 Å². The Hall–Kier alpha value is -2.59. The summed E-state index contributed by atoms with van der Waals surface area (Å²) in [6, 6.07) is 8.55. The van der Waals surface area contributed by atoms with E-state index in [1.54, 1.807) is 4.57 Å². The first-order chi connectivity index (χ1) is 14.2. The van der Waals surface area contributed by atoms with Crippen LogP contribution in [0.2, 0.25) is 0 Å². The number of hydrogen-bond donors (Lipinski definition) is 4. The Balaban J connectivity index is 1.47. The van der Waals surface area contributed by atoms with Gasteiger partial charge in [-0.1, -0.05) is 24.3 Å². The van der Waals surface area contributed by atoms with Gasteiger partial charge >= 0.3 is 0 Å². The maximum absolute atomic E-state index is 10.3. The van der Waals surface area contributed by atoms with Crippen molar-refractivity contribution in [2.45, 2.75) is 49.8 Å². The highest BCUT2D eigenvalue weighted by Gasteiger charge is 2.44. The van der Waals surface area contributed by atoms with Gasteiger partial charge in [0.1, 0.15) is 24.6 Å². The molecule has 152 valence electrons. The number of rotatable bonds is 4. The molecule has 0 bridgehead atoms. The summed E-state index contributed by atoms with van der Waals surface area (Å²) >= 11 is 0. The summed E-state index contributed by atoms with van der Waals surface area (Å²) < 4.78 is 7.19. The minimum Gasteiger partial charge on any atom is -0.394 e. The normalized spacial score (nSPS) is 29.1. The highest BCUT2D eigenvalue weighted by Crippen LogP contribution is 2.35. The van der Waals surface area contributed by atoms with Crippen LogP contribution < -0.4 is 5.32 Å². The molecule has 1 fully saturated rings. The van der Waals surface area contributed by atoms with Gasteiger partial charge in [-0.2, -0.15) is 0 Å². The number of nitrogens with one attached hydrogen (secondary N) is 1. The molecule has 2 aromatic heterocycles. The van der Waals surface area contributed by atoms with Crippen LogP contribution in [0.3, 0.4) is 0 Å². The Morgan fingerprint density at radius 1 is 1.14 bits per heavy atom. The molecule has 4 N–H and O–H groups in total. The third-order valence-electron chi connectivity index (χ3n) is 5.83. The number of benzene rings is 1. The van der Waals surface area contributed by atoms with Crippen molar-refractivity contribution in [2.75, 3.05) is 11.9 Å². The molecule has 1 aliphatic heterocycles. The molecule has 5 atom stereocenters. The van der Waals surface area contributed by atoms with Crippen LogP contribution in [0.25, 0.3) is 11.2 Å². The minimum absolute atomic E-state index is 0.136. The zero-order chi connectivity index (χ0) is 20.0. The van der Waals surface area contributed by atoms with Crippen molar-refractivity contribution in [2.24, 2.45) is 0 Å². The quantitative estimate of drug-likeness (QED) is 0.512. The third kappa shape index (κ3) is 3.06. The van der Waals surface area contributed by atoms with Gasteiger partial charge in [0.25, 0.3) is 0 Å². The van der Waals surface area contributed by atoms with E-state index in [1.807, 2.05) is 6.07 Å². The van der Waals surface area contributed by atoms with Crippen LogP contribution >= 0.6 is 0 Å². The van der Waals surface area contributed by atoms with E-state index in [0.717, 1.165) is 19.3 Å². The highest BCUT2D eigenvalue weighted by molar-refractivity contribution is 5.83. The maximum Gasteiger partial charge on any atom is 0.167 e. The number of imidazole rings is 1. The van der Waals surface area contributed by atoms with Gasteiger partial charge in [-0.05, 0) is 30.4 Å². The van der Waals surface area contributed by atoms with Crippen molar-refractivity contribution in [3.8, 4) is 0 Å². The molecule has 1 saturated heterocycles. The fraction of sp³-hybridized carbons (Fsp3) is 0.450. The smallest absolute Gasteiger partial charge is 0.167 e. The van der Waals surface area contributed by atoms with Crippen LogP contribution in [0, 0.1) is 0 Å². The Morgan fingerprint density at radius 3 is 2.83 bits per heavy atom. The number of aliphatic hydroxyl groups excluding tert-OH is 3. The third-order valence-corrected chi connectivity index (χ3v) is 5.83. The standard InChI is InChI=1S/C20H23N5O4/c26-8-14-16(27)17(28)20(29-14)25-10-23-15-18(21-9-22-19(15)25)24-13-7-3-5-11-4-1-2-6-12(11)13/h1-2,4,6,9-10,13-14,16-17,20,26-28H,3,5,7-8H2,(H,21,22,24)/t13?,14-,16-,17+,20-/m1/s1. The van der Waals surface area contributed by atoms with Crippen molar-refractivity contribution >= 4 is 17.0 Å². The Kier molecular flexibility index (Phi) is 4.67. The summed E-state index contributed by atoms with van der Waals surface area (Å²) in [5, 5.41) is 33.2. The molecule has 2 aliphatic rings. The van der Waals surface area contributed by atoms with Crippen LogP contribution in [0.15, 0.2) is 36.9 Å². The number of aryl methyl sites for hydroxylation is 1. The molecule has 3 aromatic rings. The average molecular weight is 397 g/mol. The van der Waals surface area contributed by atoms with Crippen molar-refractivity contribution in [3.05, 3.63) is 48.0 Å². The summed E-state index contributed by atoms with van der Waals surface area (Å²) in [7, 11) is 0. The Labute approximate surface area is 167 Å². The number of hydrogen-bond acceptors (Lipinski definition) is 8. The number of aromatic nitrogens is 4. The molecule has 1 unspecified atom stereocenters.